The van der Waals surface area contributed by atoms with Crippen molar-refractivity contribution in [3.05, 3.63) is 70.3 Å². The first kappa shape index (κ1) is 15.0. The van der Waals surface area contributed by atoms with Gasteiger partial charge in [0.05, 0.1) is 0 Å². The lowest BCUT2D eigenvalue weighted by atomic mass is 10.0. The minimum absolute atomic E-state index is 0.208. The van der Waals surface area contributed by atoms with Gasteiger partial charge in [0.2, 0.25) is 6.10 Å². The molecule has 1 nitrogen and oxygen atoms in total. The summed E-state index contributed by atoms with van der Waals surface area (Å²) in [5.41, 5.74) is 2.33. The highest BCUT2D eigenvalue weighted by Crippen LogP contribution is 2.36. The highest BCUT2D eigenvalue weighted by Gasteiger charge is 2.41. The molecule has 0 spiro atoms. The van der Waals surface area contributed by atoms with Crippen LogP contribution in [0.15, 0.2) is 48.5 Å². The fraction of sp³-hybridized carbons (Fsp3) is 0.176. The van der Waals surface area contributed by atoms with Crippen LogP contribution in [-0.4, -0.2) is 12.3 Å². The average Bonchev–Trinajstić information content (AvgIpc) is 2.47. The van der Waals surface area contributed by atoms with Gasteiger partial charge in [-0.2, -0.15) is 13.2 Å². The van der Waals surface area contributed by atoms with Crippen molar-refractivity contribution in [1.29, 1.82) is 0 Å². The predicted molar refractivity (Wildman–Crippen MR) is 80.2 cm³/mol. The Morgan fingerprint density at radius 1 is 1.09 bits per heavy atom. The Balaban J connectivity index is 1.91. The van der Waals surface area contributed by atoms with Gasteiger partial charge < -0.3 is 4.74 Å². The number of rotatable bonds is 2. The minimum atomic E-state index is -4.42. The molecule has 0 N–H and O–H groups in total. The molecule has 1 atom stereocenters. The highest BCUT2D eigenvalue weighted by molar-refractivity contribution is 6.31. The van der Waals surface area contributed by atoms with Crippen molar-refractivity contribution in [2.45, 2.75) is 18.7 Å². The number of halogens is 4. The van der Waals surface area contributed by atoms with Crippen molar-refractivity contribution in [2.75, 3.05) is 0 Å². The molecule has 0 fully saturated rings. The maximum absolute atomic E-state index is 12.8. The normalized spacial score (nSPS) is 17.0. The Bertz CT molecular complexity index is 708. The first-order valence-corrected chi connectivity index (χ1v) is 7.09. The van der Waals surface area contributed by atoms with E-state index in [-0.39, 0.29) is 5.75 Å². The van der Waals surface area contributed by atoms with Gasteiger partial charge in [-0.25, -0.2) is 0 Å². The van der Waals surface area contributed by atoms with Crippen molar-refractivity contribution < 1.29 is 17.9 Å². The quantitative estimate of drug-likeness (QED) is 0.731. The van der Waals surface area contributed by atoms with Gasteiger partial charge in [0.15, 0.2) is 0 Å². The van der Waals surface area contributed by atoms with Crippen LogP contribution in [0.3, 0.4) is 0 Å². The summed E-state index contributed by atoms with van der Waals surface area (Å²) in [6, 6.07) is 12.8. The molecule has 0 bridgehead atoms. The van der Waals surface area contributed by atoms with E-state index in [0.717, 1.165) is 17.2 Å². The third-order valence-corrected chi connectivity index (χ3v) is 3.80. The van der Waals surface area contributed by atoms with Crippen molar-refractivity contribution in [3.8, 4) is 5.75 Å². The van der Waals surface area contributed by atoms with Gasteiger partial charge >= 0.3 is 6.18 Å². The summed E-state index contributed by atoms with van der Waals surface area (Å²) in [6.45, 7) is 0. The lowest BCUT2D eigenvalue weighted by Crippen LogP contribution is -2.33. The number of alkyl halides is 3. The van der Waals surface area contributed by atoms with Crippen LogP contribution < -0.4 is 4.74 Å². The molecule has 0 unspecified atom stereocenters. The van der Waals surface area contributed by atoms with E-state index in [4.69, 9.17) is 16.3 Å². The summed E-state index contributed by atoms with van der Waals surface area (Å²) in [7, 11) is 0. The molecule has 1 aliphatic rings. The van der Waals surface area contributed by atoms with E-state index in [0.29, 0.717) is 17.0 Å². The minimum Gasteiger partial charge on any atom is -0.476 e. The molecule has 2 aromatic carbocycles. The van der Waals surface area contributed by atoms with E-state index in [1.165, 1.54) is 6.08 Å². The molecule has 0 saturated heterocycles. The second-order valence-electron chi connectivity index (χ2n) is 5.08. The van der Waals surface area contributed by atoms with E-state index in [1.807, 2.05) is 30.3 Å². The van der Waals surface area contributed by atoms with Crippen molar-refractivity contribution >= 4 is 17.7 Å². The topological polar surface area (TPSA) is 9.23 Å². The molecule has 0 aromatic heterocycles. The zero-order chi connectivity index (χ0) is 15.7. The summed E-state index contributed by atoms with van der Waals surface area (Å²) >= 11 is 6.23. The van der Waals surface area contributed by atoms with E-state index in [9.17, 15) is 13.2 Å². The van der Waals surface area contributed by atoms with Crippen LogP contribution in [0, 0.1) is 0 Å². The molecule has 0 saturated carbocycles. The molecule has 0 amide bonds. The van der Waals surface area contributed by atoms with Crippen LogP contribution in [0.2, 0.25) is 5.02 Å². The predicted octanol–water partition coefficient (Wildman–Crippen LogP) is 5.27. The maximum atomic E-state index is 12.8. The van der Waals surface area contributed by atoms with Gasteiger partial charge in [-0.15, -0.1) is 0 Å². The smallest absolute Gasteiger partial charge is 0.429 e. The Labute approximate surface area is 131 Å². The summed E-state index contributed by atoms with van der Waals surface area (Å²) in [5.74, 6) is 0.208. The SMILES string of the molecule is FC(F)(F)[C@H]1C=Cc2cc(Cl)c(Cc3ccccc3)cc2O1. The van der Waals surface area contributed by atoms with Gasteiger partial charge in [0, 0.05) is 10.6 Å². The first-order valence-electron chi connectivity index (χ1n) is 6.71. The number of hydrogen-bond donors (Lipinski definition) is 0. The molecular formula is C17H12ClF3O. The van der Waals surface area contributed by atoms with E-state index >= 15 is 0 Å². The molecule has 3 rings (SSSR count). The second kappa shape index (κ2) is 5.69. The number of benzene rings is 2. The Hall–Kier alpha value is -1.94. The van der Waals surface area contributed by atoms with Crippen molar-refractivity contribution in [2.24, 2.45) is 0 Å². The Morgan fingerprint density at radius 3 is 2.50 bits per heavy atom. The fourth-order valence-corrected chi connectivity index (χ4v) is 2.58. The van der Waals surface area contributed by atoms with E-state index in [1.54, 1.807) is 12.1 Å². The molecular weight excluding hydrogens is 313 g/mol. The summed E-state index contributed by atoms with van der Waals surface area (Å²) in [4.78, 5) is 0. The lowest BCUT2D eigenvalue weighted by molar-refractivity contribution is -0.180. The Kier molecular flexibility index (Phi) is 3.87. The van der Waals surface area contributed by atoms with Crippen molar-refractivity contribution in [1.82, 2.24) is 0 Å². The first-order chi connectivity index (χ1) is 10.4. The van der Waals surface area contributed by atoms with Crippen molar-refractivity contribution in [3.63, 3.8) is 0 Å². The number of hydrogen-bond acceptors (Lipinski definition) is 1. The van der Waals surface area contributed by atoms with Gasteiger partial charge in [-0.1, -0.05) is 48.0 Å². The molecule has 5 heteroatoms. The second-order valence-corrected chi connectivity index (χ2v) is 5.49. The molecule has 1 heterocycles. The van der Waals surface area contributed by atoms with Crippen LogP contribution in [0.4, 0.5) is 13.2 Å². The third kappa shape index (κ3) is 3.12. The summed E-state index contributed by atoms with van der Waals surface area (Å²) < 4.78 is 43.3. The van der Waals surface area contributed by atoms with E-state index < -0.39 is 12.3 Å². The van der Waals surface area contributed by atoms with Crippen LogP contribution in [0.25, 0.3) is 6.08 Å². The molecule has 0 aliphatic carbocycles. The number of ether oxygens (including phenoxy) is 1. The van der Waals surface area contributed by atoms with Crippen LogP contribution in [-0.2, 0) is 6.42 Å². The number of fused-ring (bicyclic) bond motifs is 1. The van der Waals surface area contributed by atoms with Crippen LogP contribution in [0.1, 0.15) is 16.7 Å². The van der Waals surface area contributed by atoms with Crippen LogP contribution in [0.5, 0.6) is 5.75 Å². The maximum Gasteiger partial charge on any atom is 0.429 e. The van der Waals surface area contributed by atoms with Gasteiger partial charge in [-0.05, 0) is 35.8 Å². The summed E-state index contributed by atoms with van der Waals surface area (Å²) in [6.07, 6.45) is -3.40. The average molecular weight is 325 g/mol. The molecule has 114 valence electrons. The van der Waals surface area contributed by atoms with Gasteiger partial charge in [-0.3, -0.25) is 0 Å². The zero-order valence-corrected chi connectivity index (χ0v) is 12.2. The molecule has 2 aromatic rings. The molecule has 1 aliphatic heterocycles. The van der Waals surface area contributed by atoms with Crippen LogP contribution >= 0.6 is 11.6 Å². The third-order valence-electron chi connectivity index (χ3n) is 3.44. The zero-order valence-electron chi connectivity index (χ0n) is 11.4. The Morgan fingerprint density at radius 2 is 1.82 bits per heavy atom. The van der Waals surface area contributed by atoms with Gasteiger partial charge in [0.1, 0.15) is 5.75 Å². The molecule has 0 radical (unpaired) electrons. The summed E-state index contributed by atoms with van der Waals surface area (Å²) in [5, 5.41) is 0.515. The highest BCUT2D eigenvalue weighted by atomic mass is 35.5. The fourth-order valence-electron chi connectivity index (χ4n) is 2.34. The van der Waals surface area contributed by atoms with E-state index in [2.05, 4.69) is 0 Å². The largest absolute Gasteiger partial charge is 0.476 e. The monoisotopic (exact) mass is 324 g/mol. The lowest BCUT2D eigenvalue weighted by Gasteiger charge is -2.24. The van der Waals surface area contributed by atoms with Gasteiger partial charge in [0.25, 0.3) is 0 Å². The standard InChI is InChI=1S/C17H12ClF3O/c18-14-9-12-6-7-16(17(19,20)21)22-15(12)10-13(14)8-11-4-2-1-3-5-11/h1-7,9-10,16H,8H2/t16-/m1/s1. The molecule has 22 heavy (non-hydrogen) atoms.